The minimum absolute atomic E-state index is 0.516. The Labute approximate surface area is 176 Å². The van der Waals surface area contributed by atoms with E-state index in [1.54, 1.807) is 6.07 Å². The van der Waals surface area contributed by atoms with Crippen LogP contribution in [0.4, 0.5) is 11.6 Å². The van der Waals surface area contributed by atoms with Crippen LogP contribution in [0.25, 0.3) is 10.8 Å². The summed E-state index contributed by atoms with van der Waals surface area (Å²) in [6.45, 7) is 5.73. The number of pyridine rings is 1. The van der Waals surface area contributed by atoms with E-state index in [9.17, 15) is 5.26 Å². The Bertz CT molecular complexity index is 1130. The molecular weight excluding hydrogens is 376 g/mol. The Morgan fingerprint density at radius 2 is 2.00 bits per heavy atom. The van der Waals surface area contributed by atoms with Gasteiger partial charge >= 0.3 is 0 Å². The Kier molecular flexibility index (Phi) is 5.24. The number of nitrogens with zero attached hydrogens (tertiary/aromatic N) is 6. The van der Waals surface area contributed by atoms with E-state index in [-0.39, 0.29) is 0 Å². The first-order chi connectivity index (χ1) is 14.4. The average molecular weight is 403 g/mol. The maximum Gasteiger partial charge on any atom is 0.158 e. The molecule has 0 bridgehead atoms. The van der Waals surface area contributed by atoms with E-state index in [1.165, 1.54) is 0 Å². The molecule has 4 rings (SSSR count). The predicted octanol–water partition coefficient (Wildman–Crippen LogP) is 2.33. The summed E-state index contributed by atoms with van der Waals surface area (Å²) in [7, 11) is 4.20. The molecule has 1 saturated heterocycles. The largest absolute Gasteiger partial charge is 0.353 e. The Morgan fingerprint density at radius 1 is 1.23 bits per heavy atom. The SMILES string of the molecule is Cc1c(C#N)cccc1[C@@H](N)Nc1nnc(C)c2cnc(N3CC(N(C)C)C3)cc12. The van der Waals surface area contributed by atoms with Crippen LogP contribution in [0.15, 0.2) is 30.5 Å². The van der Waals surface area contributed by atoms with Gasteiger partial charge in [0.05, 0.1) is 17.3 Å². The summed E-state index contributed by atoms with van der Waals surface area (Å²) in [5.41, 5.74) is 9.60. The highest BCUT2D eigenvalue weighted by Gasteiger charge is 2.29. The molecular formula is C22H26N8. The lowest BCUT2D eigenvalue weighted by molar-refractivity contribution is 0.246. The van der Waals surface area contributed by atoms with E-state index in [2.05, 4.69) is 56.5 Å². The number of aryl methyl sites for hydroxylation is 1. The molecule has 0 radical (unpaired) electrons. The van der Waals surface area contributed by atoms with Crippen molar-refractivity contribution in [2.75, 3.05) is 37.4 Å². The fourth-order valence-corrected chi connectivity index (χ4v) is 3.75. The fraction of sp³-hybridized carbons (Fsp3) is 0.364. The van der Waals surface area contributed by atoms with Gasteiger partial charge in [-0.2, -0.15) is 10.4 Å². The number of fused-ring (bicyclic) bond motifs is 1. The van der Waals surface area contributed by atoms with Crippen LogP contribution in [0.5, 0.6) is 0 Å². The van der Waals surface area contributed by atoms with Crippen LogP contribution >= 0.6 is 0 Å². The van der Waals surface area contributed by atoms with Crippen LogP contribution in [0.2, 0.25) is 0 Å². The number of nitrogens with one attached hydrogen (secondary N) is 1. The zero-order valence-corrected chi connectivity index (χ0v) is 17.7. The van der Waals surface area contributed by atoms with Crippen LogP contribution in [0.1, 0.15) is 28.6 Å². The van der Waals surface area contributed by atoms with Crippen molar-refractivity contribution in [2.24, 2.45) is 5.73 Å². The van der Waals surface area contributed by atoms with E-state index >= 15 is 0 Å². The van der Waals surface area contributed by atoms with Gasteiger partial charge < -0.3 is 20.9 Å². The Hall–Kier alpha value is -3.28. The van der Waals surface area contributed by atoms with E-state index in [1.807, 2.05) is 32.2 Å². The second kappa shape index (κ2) is 7.86. The van der Waals surface area contributed by atoms with Crippen molar-refractivity contribution < 1.29 is 0 Å². The van der Waals surface area contributed by atoms with Crippen molar-refractivity contribution in [3.8, 4) is 6.07 Å². The van der Waals surface area contributed by atoms with Gasteiger partial charge in [0.2, 0.25) is 0 Å². The molecule has 8 nitrogen and oxygen atoms in total. The van der Waals surface area contributed by atoms with Crippen molar-refractivity contribution in [1.82, 2.24) is 20.1 Å². The van der Waals surface area contributed by atoms with Crippen LogP contribution in [0, 0.1) is 25.2 Å². The minimum Gasteiger partial charge on any atom is -0.353 e. The fourth-order valence-electron chi connectivity index (χ4n) is 3.75. The zero-order chi connectivity index (χ0) is 21.4. The monoisotopic (exact) mass is 402 g/mol. The number of nitrogens with two attached hydrogens (primary N) is 1. The summed E-state index contributed by atoms with van der Waals surface area (Å²) in [6.07, 6.45) is 1.34. The maximum absolute atomic E-state index is 9.30. The first-order valence-electron chi connectivity index (χ1n) is 9.95. The normalized spacial score (nSPS) is 15.2. The number of aromatic nitrogens is 3. The summed E-state index contributed by atoms with van der Waals surface area (Å²) in [5, 5.41) is 23.1. The van der Waals surface area contributed by atoms with Gasteiger partial charge in [0.1, 0.15) is 12.0 Å². The third kappa shape index (κ3) is 3.54. The van der Waals surface area contributed by atoms with Crippen molar-refractivity contribution in [2.45, 2.75) is 26.1 Å². The third-order valence-corrected chi connectivity index (χ3v) is 5.87. The topological polar surface area (TPSA) is 107 Å². The van der Waals surface area contributed by atoms with Crippen LogP contribution in [0.3, 0.4) is 0 Å². The van der Waals surface area contributed by atoms with Gasteiger partial charge in [-0.05, 0) is 51.2 Å². The van der Waals surface area contributed by atoms with Gasteiger partial charge in [-0.1, -0.05) is 12.1 Å². The number of benzene rings is 1. The first-order valence-corrected chi connectivity index (χ1v) is 9.95. The molecule has 154 valence electrons. The van der Waals surface area contributed by atoms with Crippen LogP contribution in [-0.4, -0.2) is 53.3 Å². The molecule has 2 aromatic heterocycles. The van der Waals surface area contributed by atoms with Crippen LogP contribution in [-0.2, 0) is 0 Å². The highest BCUT2D eigenvalue weighted by Crippen LogP contribution is 2.30. The van der Waals surface area contributed by atoms with E-state index in [0.29, 0.717) is 17.4 Å². The molecule has 1 aromatic carbocycles. The number of hydrogen-bond acceptors (Lipinski definition) is 8. The molecule has 30 heavy (non-hydrogen) atoms. The Balaban J connectivity index is 1.66. The van der Waals surface area contributed by atoms with E-state index < -0.39 is 6.17 Å². The lowest BCUT2D eigenvalue weighted by atomic mass is 10.0. The highest BCUT2D eigenvalue weighted by atomic mass is 15.3. The lowest BCUT2D eigenvalue weighted by Gasteiger charge is -2.43. The summed E-state index contributed by atoms with van der Waals surface area (Å²) >= 11 is 0. The van der Waals surface area contributed by atoms with E-state index in [0.717, 1.165) is 46.5 Å². The van der Waals surface area contributed by atoms with E-state index in [4.69, 9.17) is 5.73 Å². The maximum atomic E-state index is 9.30. The van der Waals surface area contributed by atoms with Crippen molar-refractivity contribution in [3.63, 3.8) is 0 Å². The molecule has 1 aliphatic rings. The molecule has 0 aliphatic carbocycles. The van der Waals surface area contributed by atoms with Gasteiger partial charge in [-0.15, -0.1) is 5.10 Å². The molecule has 8 heteroatoms. The summed E-state index contributed by atoms with van der Waals surface area (Å²) < 4.78 is 0. The van der Waals surface area contributed by atoms with Crippen molar-refractivity contribution in [3.05, 3.63) is 52.8 Å². The molecule has 1 fully saturated rings. The van der Waals surface area contributed by atoms with Gasteiger partial charge in [-0.3, -0.25) is 0 Å². The molecule has 3 N–H and O–H groups in total. The number of anilines is 2. The van der Waals surface area contributed by atoms with Crippen molar-refractivity contribution in [1.29, 1.82) is 5.26 Å². The number of hydrogen-bond donors (Lipinski definition) is 2. The summed E-state index contributed by atoms with van der Waals surface area (Å²) in [6, 6.07) is 10.4. The molecule has 0 saturated carbocycles. The zero-order valence-electron chi connectivity index (χ0n) is 17.7. The summed E-state index contributed by atoms with van der Waals surface area (Å²) in [5.74, 6) is 1.53. The smallest absolute Gasteiger partial charge is 0.158 e. The van der Waals surface area contributed by atoms with Gasteiger partial charge in [0.25, 0.3) is 0 Å². The third-order valence-electron chi connectivity index (χ3n) is 5.87. The minimum atomic E-state index is -0.516. The lowest BCUT2D eigenvalue weighted by Crippen LogP contribution is -2.57. The second-order valence-electron chi connectivity index (χ2n) is 8.00. The molecule has 0 spiro atoms. The van der Waals surface area contributed by atoms with Crippen LogP contribution < -0.4 is 16.0 Å². The second-order valence-corrected chi connectivity index (χ2v) is 8.00. The number of nitriles is 1. The quantitative estimate of drug-likeness (QED) is 0.626. The van der Waals surface area contributed by atoms with Gasteiger partial charge in [-0.25, -0.2) is 4.98 Å². The Morgan fingerprint density at radius 3 is 2.70 bits per heavy atom. The average Bonchev–Trinajstić information content (AvgIpc) is 2.69. The van der Waals surface area contributed by atoms with Gasteiger partial charge in [0.15, 0.2) is 5.82 Å². The first kappa shape index (κ1) is 20.0. The molecule has 0 unspecified atom stereocenters. The highest BCUT2D eigenvalue weighted by molar-refractivity contribution is 5.94. The molecule has 3 aromatic rings. The molecule has 1 atom stereocenters. The molecule has 0 amide bonds. The summed E-state index contributed by atoms with van der Waals surface area (Å²) in [4.78, 5) is 9.13. The number of rotatable bonds is 5. The standard InChI is InChI=1S/C22H26N8/c1-13-15(9-23)6-5-7-17(13)21(24)26-22-18-8-20(30-11-16(12-30)29(3)4)25-10-19(18)14(2)27-28-22/h5-8,10,16,21H,11-12,24H2,1-4H3,(H,26,28)/t21-/m0/s1. The van der Waals surface area contributed by atoms with Gasteiger partial charge in [0, 0.05) is 36.1 Å². The van der Waals surface area contributed by atoms with Crippen molar-refractivity contribution >= 4 is 22.4 Å². The predicted molar refractivity (Wildman–Crippen MR) is 118 cm³/mol. The molecule has 3 heterocycles. The molecule has 1 aliphatic heterocycles. The number of likely N-dealkylation sites (N-methyl/N-ethyl adjacent to an activating group) is 1.